The zero-order valence-corrected chi connectivity index (χ0v) is 10.6. The molecule has 0 aromatic heterocycles. The fraction of sp³-hybridized carbons (Fsp3) is 0.900. The molecular formula is C10H16F2N2O3S. The number of hydrogen-bond acceptors (Lipinski definition) is 4. The lowest BCUT2D eigenvalue weighted by Gasteiger charge is -2.11. The van der Waals surface area contributed by atoms with E-state index in [-0.39, 0.29) is 12.8 Å². The molecule has 0 heterocycles. The van der Waals surface area contributed by atoms with Crippen LogP contribution in [-0.4, -0.2) is 31.5 Å². The Hall–Kier alpha value is -0.760. The van der Waals surface area contributed by atoms with Crippen molar-refractivity contribution in [1.29, 1.82) is 0 Å². The summed E-state index contributed by atoms with van der Waals surface area (Å²) in [5.74, 6) is -1.09. The molecule has 2 fully saturated rings. The highest BCUT2D eigenvalue weighted by molar-refractivity contribution is 7.90. The number of amides is 1. The van der Waals surface area contributed by atoms with Crippen molar-refractivity contribution in [3.63, 3.8) is 0 Å². The minimum atomic E-state index is -3.57. The number of nitrogens with two attached hydrogens (primary N) is 1. The van der Waals surface area contributed by atoms with E-state index in [9.17, 15) is 22.0 Å². The highest BCUT2D eigenvalue weighted by Crippen LogP contribution is 2.47. The van der Waals surface area contributed by atoms with Gasteiger partial charge in [-0.15, -0.1) is 0 Å². The highest BCUT2D eigenvalue weighted by Gasteiger charge is 2.53. The Kier molecular flexibility index (Phi) is 3.35. The minimum absolute atomic E-state index is 0.212. The predicted molar refractivity (Wildman–Crippen MR) is 60.3 cm³/mol. The summed E-state index contributed by atoms with van der Waals surface area (Å²) >= 11 is 0. The number of sulfonamides is 1. The van der Waals surface area contributed by atoms with Crippen LogP contribution in [0.2, 0.25) is 0 Å². The van der Waals surface area contributed by atoms with E-state index in [1.807, 2.05) is 4.72 Å². The number of halogens is 2. The fourth-order valence-corrected chi connectivity index (χ4v) is 3.42. The van der Waals surface area contributed by atoms with Crippen molar-refractivity contribution in [3.05, 3.63) is 0 Å². The molecule has 0 aromatic carbocycles. The Labute approximate surface area is 104 Å². The third kappa shape index (κ3) is 3.17. The lowest BCUT2D eigenvalue weighted by atomic mass is 10.1. The van der Waals surface area contributed by atoms with Crippen molar-refractivity contribution in [2.24, 2.45) is 11.7 Å². The largest absolute Gasteiger partial charge is 0.324 e. The molecule has 2 atom stereocenters. The first-order valence-electron chi connectivity index (χ1n) is 5.84. The maximum absolute atomic E-state index is 12.1. The van der Waals surface area contributed by atoms with Gasteiger partial charge in [0.05, 0.1) is 5.25 Å². The Morgan fingerprint density at radius 1 is 1.44 bits per heavy atom. The molecule has 2 saturated carbocycles. The van der Waals surface area contributed by atoms with Crippen LogP contribution >= 0.6 is 0 Å². The predicted octanol–water partition coefficient (Wildman–Crippen LogP) is 0.357. The molecule has 0 aromatic rings. The number of nitrogens with one attached hydrogen (secondary N) is 1. The van der Waals surface area contributed by atoms with Gasteiger partial charge in [-0.2, -0.15) is 0 Å². The summed E-state index contributed by atoms with van der Waals surface area (Å²) in [6, 6.07) is 0. The molecular weight excluding hydrogens is 266 g/mol. The van der Waals surface area contributed by atoms with Crippen molar-refractivity contribution in [1.82, 2.24) is 4.72 Å². The van der Waals surface area contributed by atoms with Crippen LogP contribution < -0.4 is 10.5 Å². The Balaban J connectivity index is 1.82. The van der Waals surface area contributed by atoms with E-state index in [0.29, 0.717) is 19.3 Å². The summed E-state index contributed by atoms with van der Waals surface area (Å²) < 4.78 is 49.2. The first-order chi connectivity index (χ1) is 8.23. The third-order valence-corrected chi connectivity index (χ3v) is 5.31. The summed E-state index contributed by atoms with van der Waals surface area (Å²) in [5, 5.41) is -0.480. The maximum atomic E-state index is 12.1. The van der Waals surface area contributed by atoms with Crippen molar-refractivity contribution in [3.8, 4) is 0 Å². The van der Waals surface area contributed by atoms with Gasteiger partial charge in [0.25, 0.3) is 0 Å². The monoisotopic (exact) mass is 282 g/mol. The van der Waals surface area contributed by atoms with Crippen molar-refractivity contribution in [2.75, 3.05) is 0 Å². The number of alkyl halides is 2. The maximum Gasteiger partial charge on any atom is 0.239 e. The lowest BCUT2D eigenvalue weighted by molar-refractivity contribution is -0.119. The van der Waals surface area contributed by atoms with Gasteiger partial charge in [-0.1, -0.05) is 0 Å². The molecule has 0 saturated heterocycles. The molecule has 0 bridgehead atoms. The van der Waals surface area contributed by atoms with Gasteiger partial charge < -0.3 is 5.73 Å². The molecule has 0 spiro atoms. The van der Waals surface area contributed by atoms with Crippen LogP contribution in [0.15, 0.2) is 0 Å². The van der Waals surface area contributed by atoms with Gasteiger partial charge in [0.1, 0.15) is 0 Å². The molecule has 2 aliphatic rings. The molecule has 18 heavy (non-hydrogen) atoms. The topological polar surface area (TPSA) is 89.3 Å². The molecule has 2 rings (SSSR count). The second-order valence-corrected chi connectivity index (χ2v) is 7.17. The van der Waals surface area contributed by atoms with Crippen LogP contribution in [0.3, 0.4) is 0 Å². The standard InChI is InChI=1S/C10H16F2N2O3S/c11-8(12)3-6-4-10(6,13)5-9(15)14-18(16,17)7-1-2-7/h6-8H,1-5,13H2,(H,14,15)/t6-,10-/m1/s1. The lowest BCUT2D eigenvalue weighted by Crippen LogP contribution is -2.39. The first kappa shape index (κ1) is 13.7. The summed E-state index contributed by atoms with van der Waals surface area (Å²) in [7, 11) is -3.57. The van der Waals surface area contributed by atoms with E-state index in [1.54, 1.807) is 0 Å². The van der Waals surface area contributed by atoms with Crippen molar-refractivity contribution in [2.45, 2.75) is 49.3 Å². The first-order valence-corrected chi connectivity index (χ1v) is 7.39. The SMILES string of the molecule is N[C@@]1(CC(=O)NS(=O)(=O)C2CC2)C[C@H]1CC(F)F. The van der Waals surface area contributed by atoms with Gasteiger partial charge in [-0.25, -0.2) is 17.2 Å². The number of carbonyl (C=O) groups excluding carboxylic acids is 1. The van der Waals surface area contributed by atoms with Crippen LogP contribution in [0.4, 0.5) is 8.78 Å². The minimum Gasteiger partial charge on any atom is -0.324 e. The molecule has 2 aliphatic carbocycles. The normalized spacial score (nSPS) is 31.4. The number of hydrogen-bond donors (Lipinski definition) is 2. The summed E-state index contributed by atoms with van der Waals surface area (Å²) in [4.78, 5) is 11.5. The Morgan fingerprint density at radius 3 is 2.56 bits per heavy atom. The summed E-state index contributed by atoms with van der Waals surface area (Å²) in [6.07, 6.45) is -1.53. The fourth-order valence-electron chi connectivity index (χ4n) is 2.10. The van der Waals surface area contributed by atoms with E-state index in [1.165, 1.54) is 0 Å². The molecule has 104 valence electrons. The van der Waals surface area contributed by atoms with Gasteiger partial charge in [-0.3, -0.25) is 9.52 Å². The van der Waals surface area contributed by atoms with Crippen molar-refractivity contribution < 1.29 is 22.0 Å². The summed E-state index contributed by atoms with van der Waals surface area (Å²) in [5.41, 5.74) is 4.80. The number of carbonyl (C=O) groups is 1. The molecule has 8 heteroatoms. The van der Waals surface area contributed by atoms with E-state index < -0.39 is 39.1 Å². The van der Waals surface area contributed by atoms with Crippen LogP contribution in [0, 0.1) is 5.92 Å². The van der Waals surface area contributed by atoms with Crippen LogP contribution in [0.5, 0.6) is 0 Å². The highest BCUT2D eigenvalue weighted by atomic mass is 32.2. The molecule has 5 nitrogen and oxygen atoms in total. The van der Waals surface area contributed by atoms with Gasteiger partial charge in [0.15, 0.2) is 0 Å². The quantitative estimate of drug-likeness (QED) is 0.736. The number of rotatable bonds is 6. The van der Waals surface area contributed by atoms with Gasteiger partial charge in [0.2, 0.25) is 22.4 Å². The van der Waals surface area contributed by atoms with Gasteiger partial charge >= 0.3 is 0 Å². The van der Waals surface area contributed by atoms with Crippen molar-refractivity contribution >= 4 is 15.9 Å². The van der Waals surface area contributed by atoms with Gasteiger partial charge in [0, 0.05) is 18.4 Å². The molecule has 0 radical (unpaired) electrons. The zero-order chi connectivity index (χ0) is 13.6. The molecule has 1 amide bonds. The van der Waals surface area contributed by atoms with E-state index in [2.05, 4.69) is 0 Å². The molecule has 3 N–H and O–H groups in total. The van der Waals surface area contributed by atoms with Crippen LogP contribution in [-0.2, 0) is 14.8 Å². The third-order valence-electron chi connectivity index (χ3n) is 3.45. The molecule has 0 unspecified atom stereocenters. The average molecular weight is 282 g/mol. The molecule has 0 aliphatic heterocycles. The Morgan fingerprint density at radius 2 is 2.06 bits per heavy atom. The second kappa shape index (κ2) is 4.41. The van der Waals surface area contributed by atoms with Crippen LogP contribution in [0.25, 0.3) is 0 Å². The van der Waals surface area contributed by atoms with E-state index >= 15 is 0 Å². The van der Waals surface area contributed by atoms with E-state index in [4.69, 9.17) is 5.73 Å². The smallest absolute Gasteiger partial charge is 0.239 e. The average Bonchev–Trinajstić information content (AvgIpc) is 3.01. The van der Waals surface area contributed by atoms with Gasteiger partial charge in [-0.05, 0) is 25.2 Å². The second-order valence-electron chi connectivity index (χ2n) is 5.21. The summed E-state index contributed by atoms with van der Waals surface area (Å²) in [6.45, 7) is 0. The van der Waals surface area contributed by atoms with Crippen LogP contribution in [0.1, 0.15) is 32.1 Å². The van der Waals surface area contributed by atoms with E-state index in [0.717, 1.165) is 0 Å². The Bertz CT molecular complexity index is 450. The zero-order valence-electron chi connectivity index (χ0n) is 9.73.